The molecule has 4 heteroatoms. The third-order valence-corrected chi connectivity index (χ3v) is 4.01. The van der Waals surface area contributed by atoms with Gasteiger partial charge in [-0.25, -0.2) is 0 Å². The average molecular weight is 272 g/mol. The Morgan fingerprint density at radius 3 is 3.15 bits per heavy atom. The lowest BCUT2D eigenvalue weighted by molar-refractivity contribution is -0.122. The summed E-state index contributed by atoms with van der Waals surface area (Å²) < 4.78 is 5.75. The topological polar surface area (TPSA) is 51.2 Å². The van der Waals surface area contributed by atoms with Crippen molar-refractivity contribution < 1.29 is 9.53 Å². The highest BCUT2D eigenvalue weighted by Gasteiger charge is 2.31. The number of nitrogens with zero attached hydrogens (tertiary/aromatic N) is 1. The van der Waals surface area contributed by atoms with Crippen molar-refractivity contribution in [2.24, 2.45) is 5.92 Å². The van der Waals surface area contributed by atoms with Crippen LogP contribution in [-0.2, 0) is 9.53 Å². The first-order valence-corrected chi connectivity index (χ1v) is 7.30. The molecule has 1 amide bonds. The van der Waals surface area contributed by atoms with Gasteiger partial charge in [0, 0.05) is 31.0 Å². The van der Waals surface area contributed by atoms with E-state index in [9.17, 15) is 4.79 Å². The molecular weight excluding hydrogens is 252 g/mol. The number of rotatable bonds is 4. The first kappa shape index (κ1) is 13.3. The van der Waals surface area contributed by atoms with Crippen LogP contribution < -0.4 is 5.32 Å². The molecular formula is C16H20N2O2. The van der Waals surface area contributed by atoms with Crippen LogP contribution in [0, 0.1) is 5.92 Å². The fourth-order valence-corrected chi connectivity index (χ4v) is 2.98. The molecule has 0 aromatic carbocycles. The van der Waals surface area contributed by atoms with Crippen LogP contribution in [0.3, 0.4) is 0 Å². The van der Waals surface area contributed by atoms with Crippen molar-refractivity contribution in [1.29, 1.82) is 0 Å². The number of ether oxygens (including phenoxy) is 1. The summed E-state index contributed by atoms with van der Waals surface area (Å²) in [4.78, 5) is 16.2. The van der Waals surface area contributed by atoms with Crippen molar-refractivity contribution in [3.63, 3.8) is 0 Å². The molecule has 0 bridgehead atoms. The molecule has 1 fully saturated rings. The van der Waals surface area contributed by atoms with Crippen LogP contribution in [0.2, 0.25) is 0 Å². The fraction of sp³-hybridized carbons (Fsp3) is 0.500. The summed E-state index contributed by atoms with van der Waals surface area (Å²) in [7, 11) is 0. The number of hydrogen-bond acceptors (Lipinski definition) is 3. The Morgan fingerprint density at radius 2 is 2.40 bits per heavy atom. The second kappa shape index (κ2) is 6.18. The molecule has 1 aliphatic heterocycles. The summed E-state index contributed by atoms with van der Waals surface area (Å²) in [5, 5.41) is 3.13. The molecule has 1 saturated heterocycles. The van der Waals surface area contributed by atoms with E-state index in [0.29, 0.717) is 18.9 Å². The molecule has 1 aliphatic carbocycles. The molecule has 20 heavy (non-hydrogen) atoms. The van der Waals surface area contributed by atoms with E-state index in [1.807, 2.05) is 18.3 Å². The van der Waals surface area contributed by atoms with Crippen LogP contribution in [0.1, 0.15) is 37.4 Å². The van der Waals surface area contributed by atoms with Gasteiger partial charge >= 0.3 is 0 Å². The van der Waals surface area contributed by atoms with Gasteiger partial charge in [0.15, 0.2) is 0 Å². The van der Waals surface area contributed by atoms with E-state index in [0.717, 1.165) is 24.8 Å². The van der Waals surface area contributed by atoms with Gasteiger partial charge in [0.25, 0.3) is 0 Å². The van der Waals surface area contributed by atoms with Crippen molar-refractivity contribution in [3.05, 3.63) is 42.2 Å². The van der Waals surface area contributed by atoms with Gasteiger partial charge < -0.3 is 10.1 Å². The molecule has 1 aromatic heterocycles. The minimum absolute atomic E-state index is 0.0632. The first-order valence-electron chi connectivity index (χ1n) is 7.30. The molecule has 3 rings (SSSR count). The van der Waals surface area contributed by atoms with Crippen molar-refractivity contribution >= 4 is 5.91 Å². The van der Waals surface area contributed by atoms with Gasteiger partial charge in [0.2, 0.25) is 5.91 Å². The molecule has 0 unspecified atom stereocenters. The molecule has 0 radical (unpaired) electrons. The molecule has 0 spiro atoms. The highest BCUT2D eigenvalue weighted by molar-refractivity contribution is 5.77. The third-order valence-electron chi connectivity index (χ3n) is 4.01. The maximum atomic E-state index is 12.1. The van der Waals surface area contributed by atoms with E-state index in [4.69, 9.17) is 4.74 Å². The molecule has 106 valence electrons. The van der Waals surface area contributed by atoms with Gasteiger partial charge in [-0.05, 0) is 31.2 Å². The lowest BCUT2D eigenvalue weighted by Gasteiger charge is -2.20. The molecule has 2 aliphatic rings. The van der Waals surface area contributed by atoms with Gasteiger partial charge in [0.05, 0.1) is 6.04 Å². The molecule has 2 heterocycles. The summed E-state index contributed by atoms with van der Waals surface area (Å²) in [6, 6.07) is 3.97. The Labute approximate surface area is 119 Å². The summed E-state index contributed by atoms with van der Waals surface area (Å²) in [6.45, 7) is 0.688. The Bertz CT molecular complexity index is 487. The molecule has 0 saturated carbocycles. The standard InChI is InChI=1S/C16H20N2O2/c19-15(10-12-4-1-2-5-12)18-14-7-9-20-16(14)13-6-3-8-17-11-13/h1,3-4,6,8,11-12,14,16H,2,5,7,9-10H2,(H,18,19)/t12-,14+,16-/m1/s1. The number of hydrogen-bond donors (Lipinski definition) is 1. The first-order chi connectivity index (χ1) is 9.83. The number of pyridine rings is 1. The van der Waals surface area contributed by atoms with E-state index in [1.54, 1.807) is 6.20 Å². The second-order valence-corrected chi connectivity index (χ2v) is 5.51. The minimum atomic E-state index is -0.0632. The predicted octanol–water partition coefficient (Wildman–Crippen LogP) is 2.38. The molecule has 1 aromatic rings. The zero-order valence-electron chi connectivity index (χ0n) is 11.5. The van der Waals surface area contributed by atoms with Crippen LogP contribution in [0.5, 0.6) is 0 Å². The van der Waals surface area contributed by atoms with Gasteiger partial charge in [-0.3, -0.25) is 9.78 Å². The number of aromatic nitrogens is 1. The zero-order valence-corrected chi connectivity index (χ0v) is 11.5. The SMILES string of the molecule is O=C(C[C@@H]1C=CCC1)N[C@H]1CCO[C@@H]1c1cccnc1. The van der Waals surface area contributed by atoms with Crippen molar-refractivity contribution in [2.75, 3.05) is 6.61 Å². The Kier molecular flexibility index (Phi) is 4.11. The quantitative estimate of drug-likeness (QED) is 0.856. The van der Waals surface area contributed by atoms with Crippen LogP contribution in [0.15, 0.2) is 36.7 Å². The summed E-state index contributed by atoms with van der Waals surface area (Å²) in [5.41, 5.74) is 1.04. The summed E-state index contributed by atoms with van der Waals surface area (Å²) in [5.74, 6) is 0.542. The van der Waals surface area contributed by atoms with Gasteiger partial charge in [-0.1, -0.05) is 18.2 Å². The van der Waals surface area contributed by atoms with Crippen LogP contribution in [0.4, 0.5) is 0 Å². The number of nitrogens with one attached hydrogen (secondary N) is 1. The third kappa shape index (κ3) is 3.07. The largest absolute Gasteiger partial charge is 0.371 e. The van der Waals surface area contributed by atoms with E-state index in [1.165, 1.54) is 0 Å². The highest BCUT2D eigenvalue weighted by atomic mass is 16.5. The fourth-order valence-electron chi connectivity index (χ4n) is 2.98. The minimum Gasteiger partial charge on any atom is -0.371 e. The van der Waals surface area contributed by atoms with Gasteiger partial charge in [-0.2, -0.15) is 0 Å². The normalized spacial score (nSPS) is 28.7. The van der Waals surface area contributed by atoms with Crippen molar-refractivity contribution in [3.8, 4) is 0 Å². The van der Waals surface area contributed by atoms with E-state index >= 15 is 0 Å². The molecule has 4 nitrogen and oxygen atoms in total. The molecule has 1 N–H and O–H groups in total. The van der Waals surface area contributed by atoms with E-state index in [2.05, 4.69) is 22.5 Å². The number of allylic oxidation sites excluding steroid dienone is 2. The molecule has 3 atom stereocenters. The average Bonchev–Trinajstić information content (AvgIpc) is 3.11. The van der Waals surface area contributed by atoms with E-state index < -0.39 is 0 Å². The number of carbonyl (C=O) groups excluding carboxylic acids is 1. The van der Waals surface area contributed by atoms with E-state index in [-0.39, 0.29) is 18.1 Å². The Balaban J connectivity index is 1.58. The highest BCUT2D eigenvalue weighted by Crippen LogP contribution is 2.29. The number of amides is 1. The van der Waals surface area contributed by atoms with Crippen LogP contribution >= 0.6 is 0 Å². The lowest BCUT2D eigenvalue weighted by atomic mass is 10.0. The second-order valence-electron chi connectivity index (χ2n) is 5.51. The summed E-state index contributed by atoms with van der Waals surface area (Å²) >= 11 is 0. The van der Waals surface area contributed by atoms with Crippen molar-refractivity contribution in [2.45, 2.75) is 37.8 Å². The van der Waals surface area contributed by atoms with Crippen molar-refractivity contribution in [1.82, 2.24) is 10.3 Å². The smallest absolute Gasteiger partial charge is 0.220 e. The summed E-state index contributed by atoms with van der Waals surface area (Å²) in [6.07, 6.45) is 11.5. The number of carbonyl (C=O) groups is 1. The Hall–Kier alpha value is -1.68. The lowest BCUT2D eigenvalue weighted by Crippen LogP contribution is -2.37. The van der Waals surface area contributed by atoms with Gasteiger partial charge in [0.1, 0.15) is 6.10 Å². The monoisotopic (exact) mass is 272 g/mol. The van der Waals surface area contributed by atoms with Crippen LogP contribution in [0.25, 0.3) is 0 Å². The zero-order chi connectivity index (χ0) is 13.8. The maximum Gasteiger partial charge on any atom is 0.220 e. The Morgan fingerprint density at radius 1 is 1.45 bits per heavy atom. The maximum absolute atomic E-state index is 12.1. The predicted molar refractivity (Wildman–Crippen MR) is 76.0 cm³/mol. The van der Waals surface area contributed by atoms with Gasteiger partial charge in [-0.15, -0.1) is 0 Å². The van der Waals surface area contributed by atoms with Crippen LogP contribution in [-0.4, -0.2) is 23.5 Å².